The Morgan fingerprint density at radius 1 is 0.750 bits per heavy atom. The zero-order chi connectivity index (χ0) is 42.5. The smallest absolute Gasteiger partial charge is 0.259 e. The molecule has 0 unspecified atom stereocenters. The number of fused-ring (bicyclic) bond motifs is 2. The average molecular weight is 815 g/mol. The molecule has 0 saturated carbocycles. The molecule has 18 nitrogen and oxygen atoms in total. The van der Waals surface area contributed by atoms with Crippen molar-refractivity contribution in [2.45, 2.75) is 47.2 Å². The molecule has 1 aromatic carbocycles. The SMILES string of the molecule is Cc1ccc(C(=O)Nc2nc3cc(C(N)=O)cnc3n2C/C=C/Cn2c(NC(=O)c3ccc(C)nc3C)nc3cc(C(N)=O)cc(OCCCN4CCOCC4)c32)c(C)n1. The van der Waals surface area contributed by atoms with Crippen LogP contribution in [0.5, 0.6) is 5.75 Å². The zero-order valence-electron chi connectivity index (χ0n) is 33.8. The van der Waals surface area contributed by atoms with Crippen molar-refractivity contribution in [3.8, 4) is 5.75 Å². The largest absolute Gasteiger partial charge is 0.491 e. The summed E-state index contributed by atoms with van der Waals surface area (Å²) in [5.74, 6) is -1.41. The van der Waals surface area contributed by atoms with Gasteiger partial charge in [0.05, 0.1) is 53.4 Å². The van der Waals surface area contributed by atoms with Gasteiger partial charge in [-0.3, -0.25) is 49.2 Å². The second-order valence-electron chi connectivity index (χ2n) is 14.4. The van der Waals surface area contributed by atoms with E-state index in [0.717, 1.165) is 31.0 Å². The highest BCUT2D eigenvalue weighted by Crippen LogP contribution is 2.32. The van der Waals surface area contributed by atoms with E-state index in [1.165, 1.54) is 12.3 Å². The number of nitrogens with two attached hydrogens (primary N) is 2. The molecular formula is C42H46N12O6. The topological polar surface area (TPSA) is 240 Å². The van der Waals surface area contributed by atoms with Crippen molar-refractivity contribution in [2.24, 2.45) is 11.5 Å². The number of carbonyl (C=O) groups excluding carboxylic acids is 4. The van der Waals surface area contributed by atoms with Gasteiger partial charge < -0.3 is 25.5 Å². The number of allylic oxidation sites excluding steroid dienone is 2. The number of morpholine rings is 1. The Hall–Kier alpha value is -7.05. The first-order valence-corrected chi connectivity index (χ1v) is 19.5. The molecule has 1 aliphatic heterocycles. The summed E-state index contributed by atoms with van der Waals surface area (Å²) in [6.07, 6.45) is 5.76. The van der Waals surface area contributed by atoms with Crippen LogP contribution in [0, 0.1) is 27.7 Å². The van der Waals surface area contributed by atoms with E-state index in [1.807, 2.05) is 26.0 Å². The Kier molecular flexibility index (Phi) is 12.2. The molecule has 0 atom stereocenters. The molecule has 4 amide bonds. The van der Waals surface area contributed by atoms with Gasteiger partial charge in [0.2, 0.25) is 23.7 Å². The van der Waals surface area contributed by atoms with Crippen LogP contribution in [0.4, 0.5) is 11.9 Å². The molecule has 60 heavy (non-hydrogen) atoms. The molecule has 1 saturated heterocycles. The summed E-state index contributed by atoms with van der Waals surface area (Å²) in [5, 5.41) is 5.82. The highest BCUT2D eigenvalue weighted by Gasteiger charge is 2.22. The first-order chi connectivity index (χ1) is 28.9. The van der Waals surface area contributed by atoms with Crippen molar-refractivity contribution in [3.63, 3.8) is 0 Å². The van der Waals surface area contributed by atoms with Crippen molar-refractivity contribution in [1.29, 1.82) is 0 Å². The molecule has 6 heterocycles. The fourth-order valence-electron chi connectivity index (χ4n) is 7.02. The molecular weight excluding hydrogens is 769 g/mol. The number of nitrogens with one attached hydrogen (secondary N) is 2. The second-order valence-corrected chi connectivity index (χ2v) is 14.4. The Bertz CT molecular complexity index is 2660. The van der Waals surface area contributed by atoms with Crippen LogP contribution in [-0.2, 0) is 17.8 Å². The minimum atomic E-state index is -0.668. The van der Waals surface area contributed by atoms with Gasteiger partial charge in [0.15, 0.2) is 5.65 Å². The van der Waals surface area contributed by atoms with Crippen LogP contribution in [0.25, 0.3) is 22.2 Å². The monoisotopic (exact) mass is 814 g/mol. The molecule has 6 N–H and O–H groups in total. The summed E-state index contributed by atoms with van der Waals surface area (Å²) in [6.45, 7) is 11.8. The number of hydrogen-bond donors (Lipinski definition) is 4. The normalized spacial score (nSPS) is 13.3. The molecule has 1 fully saturated rings. The van der Waals surface area contributed by atoms with E-state index >= 15 is 0 Å². The van der Waals surface area contributed by atoms with Crippen molar-refractivity contribution in [1.82, 2.24) is 39.0 Å². The van der Waals surface area contributed by atoms with Crippen LogP contribution in [0.3, 0.4) is 0 Å². The van der Waals surface area contributed by atoms with Crippen molar-refractivity contribution in [2.75, 3.05) is 50.1 Å². The highest BCUT2D eigenvalue weighted by molar-refractivity contribution is 6.06. The maximum absolute atomic E-state index is 13.7. The minimum absolute atomic E-state index is 0.163. The number of aryl methyl sites for hydroxylation is 4. The molecule has 0 bridgehead atoms. The number of anilines is 2. The minimum Gasteiger partial charge on any atom is -0.491 e. The third-order valence-corrected chi connectivity index (χ3v) is 10.1. The first-order valence-electron chi connectivity index (χ1n) is 19.5. The lowest BCUT2D eigenvalue weighted by Gasteiger charge is -2.26. The molecule has 1 aliphatic rings. The van der Waals surface area contributed by atoms with Crippen LogP contribution >= 0.6 is 0 Å². The molecule has 0 radical (unpaired) electrons. The van der Waals surface area contributed by atoms with Crippen LogP contribution in [0.15, 0.2) is 60.8 Å². The summed E-state index contributed by atoms with van der Waals surface area (Å²) in [4.78, 5) is 76.7. The number of carbonyl (C=O) groups is 4. The van der Waals surface area contributed by atoms with E-state index in [1.54, 1.807) is 59.4 Å². The molecule has 0 aliphatic carbocycles. The van der Waals surface area contributed by atoms with Gasteiger partial charge in [-0.1, -0.05) is 12.2 Å². The van der Waals surface area contributed by atoms with Crippen molar-refractivity contribution < 1.29 is 28.7 Å². The molecule has 0 spiro atoms. The van der Waals surface area contributed by atoms with E-state index in [9.17, 15) is 19.2 Å². The second kappa shape index (κ2) is 17.8. The van der Waals surface area contributed by atoms with E-state index in [-0.39, 0.29) is 36.1 Å². The number of ether oxygens (including phenoxy) is 2. The van der Waals surface area contributed by atoms with Gasteiger partial charge in [0.25, 0.3) is 11.8 Å². The van der Waals surface area contributed by atoms with Crippen molar-refractivity contribution in [3.05, 3.63) is 106 Å². The molecule has 6 aromatic rings. The maximum atomic E-state index is 13.7. The lowest BCUT2D eigenvalue weighted by atomic mass is 10.1. The predicted molar refractivity (Wildman–Crippen MR) is 224 cm³/mol. The Morgan fingerprint density at radius 2 is 1.32 bits per heavy atom. The lowest BCUT2D eigenvalue weighted by Crippen LogP contribution is -2.37. The zero-order valence-corrected chi connectivity index (χ0v) is 33.8. The Morgan fingerprint density at radius 3 is 1.92 bits per heavy atom. The molecule has 5 aromatic heterocycles. The molecule has 7 rings (SSSR count). The third-order valence-electron chi connectivity index (χ3n) is 10.1. The van der Waals surface area contributed by atoms with E-state index in [4.69, 9.17) is 25.9 Å². The number of benzene rings is 1. The standard InChI is InChI=1S/C42H46N12O6/c1-24-8-10-30(26(3)46-24)39(57)50-41-48-32-20-28(36(43)55)22-34(60-17-7-12-52-15-18-59-19-16-52)35(32)53(41)13-5-6-14-54-38-33(21-29(23-45-38)37(44)56)49-42(54)51-40(58)31-11-9-25(2)47-27(31)4/h5-6,8-11,20-23H,7,12-19H2,1-4H3,(H2,43,55)(H2,44,56)(H,48,50,57)(H,49,51,58)/b6-5+. The molecule has 18 heteroatoms. The molecule has 310 valence electrons. The van der Waals surface area contributed by atoms with Gasteiger partial charge in [-0.15, -0.1) is 0 Å². The van der Waals surface area contributed by atoms with Gasteiger partial charge in [0, 0.05) is 55.9 Å². The van der Waals surface area contributed by atoms with Gasteiger partial charge in [-0.2, -0.15) is 0 Å². The van der Waals surface area contributed by atoms with Crippen molar-refractivity contribution >= 4 is 57.7 Å². The fraction of sp³-hybridized carbons (Fsp3) is 0.310. The van der Waals surface area contributed by atoms with Crippen LogP contribution < -0.4 is 26.8 Å². The Labute approximate surface area is 345 Å². The Balaban J connectivity index is 1.22. The van der Waals surface area contributed by atoms with Crippen LogP contribution in [-0.4, -0.2) is 102 Å². The number of primary amides is 2. The number of hydrogen-bond acceptors (Lipinski definition) is 12. The number of amides is 4. The van der Waals surface area contributed by atoms with Gasteiger partial charge in [0.1, 0.15) is 16.8 Å². The fourth-order valence-corrected chi connectivity index (χ4v) is 7.02. The summed E-state index contributed by atoms with van der Waals surface area (Å²) < 4.78 is 15.3. The lowest BCUT2D eigenvalue weighted by molar-refractivity contribution is 0.0358. The van der Waals surface area contributed by atoms with E-state index < -0.39 is 23.6 Å². The van der Waals surface area contributed by atoms with E-state index in [0.29, 0.717) is 76.7 Å². The quantitative estimate of drug-likeness (QED) is 0.0854. The highest BCUT2D eigenvalue weighted by atomic mass is 16.5. The average Bonchev–Trinajstić information content (AvgIpc) is 3.74. The summed E-state index contributed by atoms with van der Waals surface area (Å²) in [6, 6.07) is 11.6. The summed E-state index contributed by atoms with van der Waals surface area (Å²) in [7, 11) is 0. The summed E-state index contributed by atoms with van der Waals surface area (Å²) in [5.41, 5.74) is 16.7. The predicted octanol–water partition coefficient (Wildman–Crippen LogP) is 3.86. The summed E-state index contributed by atoms with van der Waals surface area (Å²) >= 11 is 0. The number of nitrogens with zero attached hydrogens (tertiary/aromatic N) is 8. The number of imidazole rings is 2. The van der Waals surface area contributed by atoms with Gasteiger partial charge in [-0.25, -0.2) is 15.0 Å². The van der Waals surface area contributed by atoms with Gasteiger partial charge in [-0.05, 0) is 76.6 Å². The third kappa shape index (κ3) is 9.14. The first kappa shape index (κ1) is 41.1. The van der Waals surface area contributed by atoms with E-state index in [2.05, 4.69) is 35.5 Å². The number of rotatable bonds is 15. The maximum Gasteiger partial charge on any atom is 0.259 e. The van der Waals surface area contributed by atoms with Crippen LogP contribution in [0.1, 0.15) is 70.6 Å². The van der Waals surface area contributed by atoms with Crippen LogP contribution in [0.2, 0.25) is 0 Å². The number of aromatic nitrogens is 7. The number of pyridine rings is 3. The van der Waals surface area contributed by atoms with Gasteiger partial charge >= 0.3 is 0 Å².